The third kappa shape index (κ3) is 3.86. The van der Waals surface area contributed by atoms with Gasteiger partial charge in [-0.1, -0.05) is 0 Å². The summed E-state index contributed by atoms with van der Waals surface area (Å²) >= 11 is 1.41. The van der Waals surface area contributed by atoms with Gasteiger partial charge in [-0.05, 0) is 38.7 Å². The quantitative estimate of drug-likeness (QED) is 0.710. The lowest BCUT2D eigenvalue weighted by Gasteiger charge is -2.36. The molecule has 0 amide bonds. The number of rotatable bonds is 5. The van der Waals surface area contributed by atoms with Gasteiger partial charge in [0.1, 0.15) is 21.3 Å². The molecule has 0 radical (unpaired) electrons. The number of carbonyl (C=O) groups excluding carboxylic acids is 1. The average molecular weight is 405 g/mol. The average Bonchev–Trinajstić information content (AvgIpc) is 3.30. The molecule has 0 saturated carbocycles. The molecule has 7 nitrogen and oxygen atoms in total. The first-order chi connectivity index (χ1) is 13.6. The van der Waals surface area contributed by atoms with Crippen LogP contribution in [0.2, 0.25) is 0 Å². The van der Waals surface area contributed by atoms with Crippen molar-refractivity contribution in [2.24, 2.45) is 5.92 Å². The summed E-state index contributed by atoms with van der Waals surface area (Å²) in [6, 6.07) is 0. The molecule has 0 aromatic carbocycles. The molecule has 8 heteroatoms. The summed E-state index contributed by atoms with van der Waals surface area (Å²) in [5.74, 6) is 2.10. The lowest BCUT2D eigenvalue weighted by atomic mass is 10.1. The molecular weight excluding hydrogens is 376 g/mol. The van der Waals surface area contributed by atoms with Crippen LogP contribution in [0.4, 0.5) is 5.82 Å². The summed E-state index contributed by atoms with van der Waals surface area (Å²) in [6.07, 6.45) is 1.18. The van der Waals surface area contributed by atoms with Crippen LogP contribution in [0.5, 0.6) is 0 Å². The highest BCUT2D eigenvalue weighted by atomic mass is 32.1. The Morgan fingerprint density at radius 3 is 2.71 bits per heavy atom. The van der Waals surface area contributed by atoms with Gasteiger partial charge >= 0.3 is 5.97 Å². The molecule has 2 aromatic rings. The second-order valence-electron chi connectivity index (χ2n) is 7.57. The van der Waals surface area contributed by atoms with Crippen LogP contribution in [-0.4, -0.2) is 73.4 Å². The van der Waals surface area contributed by atoms with E-state index in [9.17, 15) is 4.79 Å². The van der Waals surface area contributed by atoms with Gasteiger partial charge in [-0.3, -0.25) is 4.90 Å². The van der Waals surface area contributed by atoms with Gasteiger partial charge < -0.3 is 14.4 Å². The summed E-state index contributed by atoms with van der Waals surface area (Å²) in [5.41, 5.74) is 0.930. The van der Waals surface area contributed by atoms with Crippen LogP contribution in [0.15, 0.2) is 0 Å². The second-order valence-corrected chi connectivity index (χ2v) is 8.57. The molecule has 0 bridgehead atoms. The van der Waals surface area contributed by atoms with E-state index in [0.29, 0.717) is 17.4 Å². The molecule has 0 N–H and O–H groups in total. The number of anilines is 1. The van der Waals surface area contributed by atoms with Gasteiger partial charge in [0.05, 0.1) is 18.6 Å². The number of hydrogen-bond donors (Lipinski definition) is 0. The Bertz CT molecular complexity index is 855. The fourth-order valence-corrected chi connectivity index (χ4v) is 5.19. The molecule has 1 atom stereocenters. The summed E-state index contributed by atoms with van der Waals surface area (Å²) < 4.78 is 10.7. The van der Waals surface area contributed by atoms with E-state index in [1.54, 1.807) is 0 Å². The van der Waals surface area contributed by atoms with E-state index in [-0.39, 0.29) is 5.97 Å². The summed E-state index contributed by atoms with van der Waals surface area (Å²) in [4.78, 5) is 28.1. The Labute approximate surface area is 169 Å². The molecule has 2 aliphatic heterocycles. The van der Waals surface area contributed by atoms with Gasteiger partial charge in [0.15, 0.2) is 0 Å². The molecule has 0 spiro atoms. The van der Waals surface area contributed by atoms with E-state index in [4.69, 9.17) is 14.5 Å². The van der Waals surface area contributed by atoms with Crippen molar-refractivity contribution in [2.45, 2.75) is 27.2 Å². The van der Waals surface area contributed by atoms with Crippen LogP contribution in [0.3, 0.4) is 0 Å². The van der Waals surface area contributed by atoms with Crippen molar-refractivity contribution in [1.29, 1.82) is 0 Å². The first kappa shape index (κ1) is 19.5. The molecule has 2 saturated heterocycles. The van der Waals surface area contributed by atoms with Crippen LogP contribution in [-0.2, 0) is 9.47 Å². The SMILES string of the molecule is CCOC(=O)c1sc2nc(C)nc(N3CCN(CC4CCOC4)CC3)c2c1C. The zero-order valence-electron chi connectivity index (χ0n) is 16.9. The number of aryl methyl sites for hydroxylation is 2. The van der Waals surface area contributed by atoms with Crippen molar-refractivity contribution < 1.29 is 14.3 Å². The zero-order chi connectivity index (χ0) is 19.7. The van der Waals surface area contributed by atoms with Gasteiger partial charge in [0.25, 0.3) is 0 Å². The molecule has 2 fully saturated rings. The normalized spacial score (nSPS) is 20.8. The van der Waals surface area contributed by atoms with E-state index in [1.165, 1.54) is 17.8 Å². The van der Waals surface area contributed by atoms with Crippen molar-refractivity contribution in [1.82, 2.24) is 14.9 Å². The maximum Gasteiger partial charge on any atom is 0.348 e. The molecule has 0 aliphatic carbocycles. The Kier molecular flexibility index (Phi) is 5.80. The zero-order valence-corrected chi connectivity index (χ0v) is 17.7. The molecule has 28 heavy (non-hydrogen) atoms. The Hall–Kier alpha value is -1.77. The molecule has 152 valence electrons. The first-order valence-corrected chi connectivity index (χ1v) is 10.9. The number of esters is 1. The lowest BCUT2D eigenvalue weighted by molar-refractivity contribution is 0.0531. The lowest BCUT2D eigenvalue weighted by Crippen LogP contribution is -2.48. The molecule has 4 heterocycles. The van der Waals surface area contributed by atoms with E-state index >= 15 is 0 Å². The number of nitrogens with zero attached hydrogens (tertiary/aromatic N) is 4. The van der Waals surface area contributed by atoms with Crippen molar-refractivity contribution in [2.75, 3.05) is 57.4 Å². The van der Waals surface area contributed by atoms with Crippen LogP contribution in [0.25, 0.3) is 10.2 Å². The highest BCUT2D eigenvalue weighted by Crippen LogP contribution is 2.36. The fourth-order valence-electron chi connectivity index (χ4n) is 4.08. The number of piperazine rings is 1. The standard InChI is InChI=1S/C20H28N4O3S/c1-4-27-20(25)17-13(2)16-18(21-14(3)22-19(16)28-17)24-8-6-23(7-9-24)11-15-5-10-26-12-15/h15H,4-12H2,1-3H3. The number of aromatic nitrogens is 2. The molecule has 2 aliphatic rings. The van der Waals surface area contributed by atoms with Crippen molar-refractivity contribution in [3.8, 4) is 0 Å². The Balaban J connectivity index is 1.55. The molecule has 1 unspecified atom stereocenters. The van der Waals surface area contributed by atoms with Gasteiger partial charge in [-0.2, -0.15) is 0 Å². The van der Waals surface area contributed by atoms with E-state index in [2.05, 4.69) is 14.8 Å². The molecular formula is C20H28N4O3S. The second kappa shape index (κ2) is 8.31. The van der Waals surface area contributed by atoms with Crippen molar-refractivity contribution in [3.63, 3.8) is 0 Å². The minimum atomic E-state index is -0.268. The van der Waals surface area contributed by atoms with Crippen LogP contribution < -0.4 is 4.90 Å². The highest BCUT2D eigenvalue weighted by molar-refractivity contribution is 7.20. The highest BCUT2D eigenvalue weighted by Gasteiger charge is 2.27. The van der Waals surface area contributed by atoms with Crippen molar-refractivity contribution in [3.05, 3.63) is 16.3 Å². The van der Waals surface area contributed by atoms with E-state index < -0.39 is 0 Å². The number of hydrogen-bond acceptors (Lipinski definition) is 8. The third-order valence-corrected chi connectivity index (χ3v) is 6.72. The van der Waals surface area contributed by atoms with E-state index in [1.807, 2.05) is 20.8 Å². The van der Waals surface area contributed by atoms with Gasteiger partial charge in [0, 0.05) is 39.3 Å². The summed E-state index contributed by atoms with van der Waals surface area (Å²) in [6.45, 7) is 12.9. The molecule has 2 aromatic heterocycles. The summed E-state index contributed by atoms with van der Waals surface area (Å²) in [5, 5.41) is 0.997. The maximum absolute atomic E-state index is 12.3. The fraction of sp³-hybridized carbons (Fsp3) is 0.650. The van der Waals surface area contributed by atoms with Gasteiger partial charge in [0.2, 0.25) is 0 Å². The monoisotopic (exact) mass is 404 g/mol. The minimum Gasteiger partial charge on any atom is -0.462 e. The number of carbonyl (C=O) groups is 1. The number of thiophene rings is 1. The molecule has 4 rings (SSSR count). The van der Waals surface area contributed by atoms with Crippen LogP contribution in [0, 0.1) is 19.8 Å². The largest absolute Gasteiger partial charge is 0.462 e. The Morgan fingerprint density at radius 2 is 2.04 bits per heavy atom. The Morgan fingerprint density at radius 1 is 1.25 bits per heavy atom. The van der Waals surface area contributed by atoms with Gasteiger partial charge in [-0.25, -0.2) is 14.8 Å². The third-order valence-electron chi connectivity index (χ3n) is 5.56. The first-order valence-electron chi connectivity index (χ1n) is 10.1. The van der Waals surface area contributed by atoms with Crippen LogP contribution >= 0.6 is 11.3 Å². The predicted molar refractivity (Wildman–Crippen MR) is 110 cm³/mol. The van der Waals surface area contributed by atoms with Gasteiger partial charge in [-0.15, -0.1) is 11.3 Å². The smallest absolute Gasteiger partial charge is 0.348 e. The number of ether oxygens (including phenoxy) is 2. The predicted octanol–water partition coefficient (Wildman–Crippen LogP) is 2.64. The topological polar surface area (TPSA) is 67.8 Å². The minimum absolute atomic E-state index is 0.268. The van der Waals surface area contributed by atoms with Crippen molar-refractivity contribution >= 4 is 33.3 Å². The maximum atomic E-state index is 12.3. The number of fused-ring (bicyclic) bond motifs is 1. The van der Waals surface area contributed by atoms with Crippen LogP contribution in [0.1, 0.15) is 34.4 Å². The van der Waals surface area contributed by atoms with E-state index in [0.717, 1.165) is 73.4 Å². The summed E-state index contributed by atoms with van der Waals surface area (Å²) in [7, 11) is 0.